The van der Waals surface area contributed by atoms with Gasteiger partial charge in [0, 0.05) is 0 Å². The second-order valence-corrected chi connectivity index (χ2v) is 5.68. The lowest BCUT2D eigenvalue weighted by Gasteiger charge is -2.32. The second-order valence-electron chi connectivity index (χ2n) is 5.68. The summed E-state index contributed by atoms with van der Waals surface area (Å²) in [4.78, 5) is 11.4. The predicted molar refractivity (Wildman–Crippen MR) is 80.0 cm³/mol. The van der Waals surface area contributed by atoms with E-state index in [-0.39, 0.29) is 30.7 Å². The zero-order valence-corrected chi connectivity index (χ0v) is 13.0. The van der Waals surface area contributed by atoms with Crippen molar-refractivity contribution in [1.82, 2.24) is 0 Å². The smallest absolute Gasteiger partial charge is 0.309 e. The molecule has 1 aliphatic heterocycles. The fourth-order valence-electron chi connectivity index (χ4n) is 2.79. The van der Waals surface area contributed by atoms with Gasteiger partial charge < -0.3 is 14.2 Å². The van der Waals surface area contributed by atoms with E-state index in [2.05, 4.69) is 13.8 Å². The summed E-state index contributed by atoms with van der Waals surface area (Å²) in [5, 5.41) is 0. The van der Waals surface area contributed by atoms with Crippen molar-refractivity contribution in [3.05, 3.63) is 35.4 Å². The first kappa shape index (κ1) is 16.0. The third-order valence-electron chi connectivity index (χ3n) is 3.81. The molecule has 21 heavy (non-hydrogen) atoms. The Labute approximate surface area is 126 Å². The zero-order valence-electron chi connectivity index (χ0n) is 13.0. The van der Waals surface area contributed by atoms with Crippen LogP contribution in [0.5, 0.6) is 0 Å². The molecule has 0 spiro atoms. The summed E-state index contributed by atoms with van der Waals surface area (Å²) in [7, 11) is 1.41. The van der Waals surface area contributed by atoms with Gasteiger partial charge in [-0.2, -0.15) is 0 Å². The van der Waals surface area contributed by atoms with Crippen molar-refractivity contribution < 1.29 is 19.0 Å². The maximum atomic E-state index is 11.4. The minimum atomic E-state index is -0.226. The molecule has 0 saturated carbocycles. The molecule has 0 amide bonds. The molecule has 0 radical (unpaired) electrons. The van der Waals surface area contributed by atoms with Crippen LogP contribution in [0.25, 0.3) is 0 Å². The molecule has 1 aromatic carbocycles. The van der Waals surface area contributed by atoms with Crippen LogP contribution in [-0.4, -0.2) is 31.4 Å². The molecule has 0 bridgehead atoms. The highest BCUT2D eigenvalue weighted by Gasteiger charge is 2.25. The summed E-state index contributed by atoms with van der Waals surface area (Å²) in [5.74, 6) is -0.226. The Balaban J connectivity index is 1.95. The topological polar surface area (TPSA) is 44.8 Å². The van der Waals surface area contributed by atoms with Crippen LogP contribution in [0.15, 0.2) is 24.3 Å². The Morgan fingerprint density at radius 1 is 1.19 bits per heavy atom. The Hall–Kier alpha value is -1.39. The van der Waals surface area contributed by atoms with Crippen LogP contribution in [-0.2, 0) is 32.0 Å². The molecule has 4 nitrogen and oxygen atoms in total. The lowest BCUT2D eigenvalue weighted by molar-refractivity contribution is -0.139. The molecule has 4 heteroatoms. The number of esters is 1. The van der Waals surface area contributed by atoms with Crippen molar-refractivity contribution in [2.24, 2.45) is 0 Å². The van der Waals surface area contributed by atoms with Gasteiger partial charge in [0.25, 0.3) is 0 Å². The minimum absolute atomic E-state index is 0.218. The van der Waals surface area contributed by atoms with Crippen LogP contribution in [0.2, 0.25) is 0 Å². The summed E-state index contributed by atoms with van der Waals surface area (Å²) in [6, 6.07) is 7.85. The van der Waals surface area contributed by atoms with Crippen LogP contribution >= 0.6 is 0 Å². The number of methoxy groups -OCH3 is 1. The standard InChI is InChI=1S/C17H24O4/c1-12-8-16(9-13(2)21-12)20-11-15-7-5-4-6-14(15)10-17(18)19-3/h4-7,12-13,16H,8-11H2,1-3H3. The van der Waals surface area contributed by atoms with Crippen LogP contribution in [0.3, 0.4) is 0 Å². The number of ether oxygens (including phenoxy) is 3. The molecule has 116 valence electrons. The molecule has 0 N–H and O–H groups in total. The number of hydrogen-bond acceptors (Lipinski definition) is 4. The molecular formula is C17H24O4. The fourth-order valence-corrected chi connectivity index (χ4v) is 2.79. The van der Waals surface area contributed by atoms with E-state index < -0.39 is 0 Å². The molecule has 2 rings (SSSR count). The number of hydrogen-bond donors (Lipinski definition) is 0. The Bertz CT molecular complexity index is 462. The summed E-state index contributed by atoms with van der Waals surface area (Å²) in [5.41, 5.74) is 2.02. The molecule has 1 saturated heterocycles. The van der Waals surface area contributed by atoms with Gasteiger partial charge in [-0.3, -0.25) is 4.79 Å². The maximum Gasteiger partial charge on any atom is 0.309 e. The Morgan fingerprint density at radius 3 is 2.43 bits per heavy atom. The normalized spacial score (nSPS) is 25.6. The van der Waals surface area contributed by atoms with Crippen molar-refractivity contribution in [3.8, 4) is 0 Å². The van der Waals surface area contributed by atoms with Crippen molar-refractivity contribution in [2.45, 2.75) is 58.0 Å². The largest absolute Gasteiger partial charge is 0.469 e. The summed E-state index contributed by atoms with van der Waals surface area (Å²) in [6.07, 6.45) is 2.83. The Kier molecular flexibility index (Phi) is 5.76. The van der Waals surface area contributed by atoms with Crippen molar-refractivity contribution in [2.75, 3.05) is 7.11 Å². The summed E-state index contributed by atoms with van der Waals surface area (Å²) in [6.45, 7) is 4.69. The van der Waals surface area contributed by atoms with Gasteiger partial charge in [-0.25, -0.2) is 0 Å². The van der Waals surface area contributed by atoms with Gasteiger partial charge in [-0.1, -0.05) is 24.3 Å². The van der Waals surface area contributed by atoms with Gasteiger partial charge in [-0.15, -0.1) is 0 Å². The third-order valence-corrected chi connectivity index (χ3v) is 3.81. The van der Waals surface area contributed by atoms with Crippen molar-refractivity contribution >= 4 is 5.97 Å². The fraction of sp³-hybridized carbons (Fsp3) is 0.588. The average Bonchev–Trinajstić information content (AvgIpc) is 2.45. The molecule has 0 aromatic heterocycles. The third kappa shape index (κ3) is 4.83. The molecular weight excluding hydrogens is 268 g/mol. The maximum absolute atomic E-state index is 11.4. The molecule has 1 aromatic rings. The van der Waals surface area contributed by atoms with Gasteiger partial charge in [0.15, 0.2) is 0 Å². The number of carbonyl (C=O) groups is 1. The molecule has 2 unspecified atom stereocenters. The lowest BCUT2D eigenvalue weighted by Crippen LogP contribution is -2.34. The highest BCUT2D eigenvalue weighted by molar-refractivity contribution is 5.72. The van der Waals surface area contributed by atoms with Crippen LogP contribution in [0, 0.1) is 0 Å². The first-order valence-corrected chi connectivity index (χ1v) is 7.49. The zero-order chi connectivity index (χ0) is 15.2. The van der Waals surface area contributed by atoms with Crippen LogP contribution < -0.4 is 0 Å². The van der Waals surface area contributed by atoms with E-state index in [9.17, 15) is 4.79 Å². The first-order valence-electron chi connectivity index (χ1n) is 7.49. The number of carbonyl (C=O) groups excluding carboxylic acids is 1. The van der Waals surface area contributed by atoms with Crippen LogP contribution in [0.1, 0.15) is 37.8 Å². The number of benzene rings is 1. The van der Waals surface area contributed by atoms with Gasteiger partial charge in [-0.05, 0) is 37.8 Å². The minimum Gasteiger partial charge on any atom is -0.469 e. The van der Waals surface area contributed by atoms with Gasteiger partial charge >= 0.3 is 5.97 Å². The van der Waals surface area contributed by atoms with Gasteiger partial charge in [0.2, 0.25) is 0 Å². The van der Waals surface area contributed by atoms with E-state index in [0.717, 1.165) is 24.0 Å². The van der Waals surface area contributed by atoms with Crippen LogP contribution in [0.4, 0.5) is 0 Å². The first-order chi connectivity index (χ1) is 10.1. The van der Waals surface area contributed by atoms with Crippen molar-refractivity contribution in [3.63, 3.8) is 0 Å². The second kappa shape index (κ2) is 7.57. The van der Waals surface area contributed by atoms with E-state index in [4.69, 9.17) is 14.2 Å². The summed E-state index contributed by atoms with van der Waals surface area (Å²) < 4.78 is 16.5. The van der Waals surface area contributed by atoms with E-state index in [1.54, 1.807) is 0 Å². The molecule has 1 fully saturated rings. The molecule has 2 atom stereocenters. The van der Waals surface area contributed by atoms with Crippen molar-refractivity contribution in [1.29, 1.82) is 0 Å². The quantitative estimate of drug-likeness (QED) is 0.783. The monoisotopic (exact) mass is 292 g/mol. The number of rotatable bonds is 5. The lowest BCUT2D eigenvalue weighted by atomic mass is 10.0. The summed E-state index contributed by atoms with van der Waals surface area (Å²) >= 11 is 0. The van der Waals surface area contributed by atoms with E-state index in [1.807, 2.05) is 24.3 Å². The van der Waals surface area contributed by atoms with E-state index in [0.29, 0.717) is 6.61 Å². The van der Waals surface area contributed by atoms with Gasteiger partial charge in [0.1, 0.15) is 0 Å². The molecule has 1 aliphatic rings. The average molecular weight is 292 g/mol. The SMILES string of the molecule is COC(=O)Cc1ccccc1COC1CC(C)OC(C)C1. The molecule has 1 heterocycles. The molecule has 0 aliphatic carbocycles. The van der Waals surface area contributed by atoms with E-state index in [1.165, 1.54) is 7.11 Å². The predicted octanol–water partition coefficient (Wildman–Crippen LogP) is 2.87. The highest BCUT2D eigenvalue weighted by atomic mass is 16.5. The Morgan fingerprint density at radius 2 is 1.81 bits per heavy atom. The highest BCUT2D eigenvalue weighted by Crippen LogP contribution is 2.23. The van der Waals surface area contributed by atoms with Gasteiger partial charge in [0.05, 0.1) is 38.4 Å². The van der Waals surface area contributed by atoms with E-state index >= 15 is 0 Å².